The maximum atomic E-state index is 12.1. The molecule has 1 aliphatic carbocycles. The Morgan fingerprint density at radius 2 is 1.68 bits per heavy atom. The summed E-state index contributed by atoms with van der Waals surface area (Å²) in [5.74, 6) is -2.42. The normalized spacial score (nSPS) is 19.2. The molecule has 110 valence electrons. The van der Waals surface area contributed by atoms with Crippen LogP contribution in [0.1, 0.15) is 46.0 Å². The molecule has 0 amide bonds. The van der Waals surface area contributed by atoms with Crippen LogP contribution in [0.25, 0.3) is 0 Å². The molecule has 1 N–H and O–H groups in total. The van der Waals surface area contributed by atoms with Crippen molar-refractivity contribution in [1.82, 2.24) is 0 Å². The van der Waals surface area contributed by atoms with Crippen LogP contribution in [0.5, 0.6) is 0 Å². The molecule has 0 spiro atoms. The first-order chi connectivity index (χ1) is 8.73. The largest absolute Gasteiger partial charge is 0.462 e. The number of ketones is 1. The molecule has 0 radical (unpaired) electrons. The molecule has 1 unspecified atom stereocenters. The van der Waals surface area contributed by atoms with Crippen molar-refractivity contribution in [3.63, 3.8) is 0 Å². The Morgan fingerprint density at radius 1 is 1.16 bits per heavy atom. The maximum Gasteiger partial charge on any atom is 0.334 e. The summed E-state index contributed by atoms with van der Waals surface area (Å²) in [6.07, 6.45) is 3.22. The molecule has 1 rings (SSSR count). The lowest BCUT2D eigenvalue weighted by Crippen LogP contribution is -2.43. The standard InChI is InChI=1S/C12H20O6S/c1-8(2)18-12(14)11(19(15,16)17)10(13)9-6-4-3-5-7-9/h8-9,11H,3-7H2,1-2H3,(H,15,16,17). The van der Waals surface area contributed by atoms with Gasteiger partial charge in [-0.15, -0.1) is 0 Å². The first-order valence-electron chi connectivity index (χ1n) is 6.44. The van der Waals surface area contributed by atoms with Crippen molar-refractivity contribution in [3.8, 4) is 0 Å². The predicted octanol–water partition coefficient (Wildman–Crippen LogP) is 1.34. The number of carbonyl (C=O) groups excluding carboxylic acids is 2. The highest BCUT2D eigenvalue weighted by Crippen LogP contribution is 2.27. The SMILES string of the molecule is CC(C)OC(=O)C(C(=O)C1CCCCC1)S(=O)(=O)O. The van der Waals surface area contributed by atoms with Crippen molar-refractivity contribution in [3.05, 3.63) is 0 Å². The third-order valence-electron chi connectivity index (χ3n) is 3.13. The van der Waals surface area contributed by atoms with Crippen LogP contribution in [0.3, 0.4) is 0 Å². The van der Waals surface area contributed by atoms with Crippen molar-refractivity contribution >= 4 is 21.9 Å². The Labute approximate surface area is 113 Å². The van der Waals surface area contributed by atoms with Crippen molar-refractivity contribution in [1.29, 1.82) is 0 Å². The van der Waals surface area contributed by atoms with E-state index in [0.717, 1.165) is 19.3 Å². The molecule has 0 aromatic heterocycles. The summed E-state index contributed by atoms with van der Waals surface area (Å²) in [6.45, 7) is 3.09. The van der Waals surface area contributed by atoms with Gasteiger partial charge in [-0.05, 0) is 26.7 Å². The Bertz CT molecular complexity index is 433. The van der Waals surface area contributed by atoms with Crippen molar-refractivity contribution < 1.29 is 27.3 Å². The van der Waals surface area contributed by atoms with Gasteiger partial charge in [0.25, 0.3) is 10.1 Å². The molecule has 0 aromatic carbocycles. The number of hydrogen-bond donors (Lipinski definition) is 1. The fourth-order valence-electron chi connectivity index (χ4n) is 2.28. The smallest absolute Gasteiger partial charge is 0.334 e. The molecule has 1 atom stereocenters. The number of ether oxygens (including phenoxy) is 1. The zero-order chi connectivity index (χ0) is 14.6. The Balaban J connectivity index is 2.91. The maximum absolute atomic E-state index is 12.1. The minimum absolute atomic E-state index is 0.486. The van der Waals surface area contributed by atoms with Crippen molar-refractivity contribution in [2.24, 2.45) is 5.92 Å². The average molecular weight is 292 g/mol. The quantitative estimate of drug-likeness (QED) is 0.466. The zero-order valence-corrected chi connectivity index (χ0v) is 12.0. The molecule has 1 fully saturated rings. The highest BCUT2D eigenvalue weighted by molar-refractivity contribution is 7.88. The van der Waals surface area contributed by atoms with E-state index < -0.39 is 39.1 Å². The lowest BCUT2D eigenvalue weighted by molar-refractivity contribution is -0.149. The Morgan fingerprint density at radius 3 is 2.11 bits per heavy atom. The Kier molecular flexibility index (Phi) is 5.49. The van der Waals surface area contributed by atoms with E-state index >= 15 is 0 Å². The Hall–Kier alpha value is -0.950. The molecule has 19 heavy (non-hydrogen) atoms. The highest BCUT2D eigenvalue weighted by atomic mass is 32.2. The van der Waals surface area contributed by atoms with Crippen LogP contribution in [0.15, 0.2) is 0 Å². The van der Waals surface area contributed by atoms with Crippen LogP contribution in [0.4, 0.5) is 0 Å². The van der Waals surface area contributed by atoms with Crippen LogP contribution in [0.2, 0.25) is 0 Å². The number of esters is 1. The second kappa shape index (κ2) is 6.47. The van der Waals surface area contributed by atoms with Crippen molar-refractivity contribution in [2.75, 3.05) is 0 Å². The molecule has 0 heterocycles. The molecule has 6 nitrogen and oxygen atoms in total. The molecule has 0 aliphatic heterocycles. The van der Waals surface area contributed by atoms with E-state index in [0.29, 0.717) is 12.8 Å². The van der Waals surface area contributed by atoms with Crippen molar-refractivity contribution in [2.45, 2.75) is 57.3 Å². The molecule has 0 bridgehead atoms. The van der Waals surface area contributed by atoms with E-state index in [4.69, 9.17) is 9.29 Å². The number of carbonyl (C=O) groups is 2. The summed E-state index contributed by atoms with van der Waals surface area (Å²) >= 11 is 0. The van der Waals surface area contributed by atoms with Gasteiger partial charge in [0.05, 0.1) is 6.10 Å². The van der Waals surface area contributed by atoms with Crippen LogP contribution in [0, 0.1) is 5.92 Å². The van der Waals surface area contributed by atoms with Gasteiger partial charge >= 0.3 is 5.97 Å². The summed E-state index contributed by atoms with van der Waals surface area (Å²) in [6, 6.07) is 0. The van der Waals surface area contributed by atoms with Gasteiger partial charge in [0.15, 0.2) is 5.78 Å². The molecule has 0 aromatic rings. The van der Waals surface area contributed by atoms with E-state index in [-0.39, 0.29) is 0 Å². The topological polar surface area (TPSA) is 97.7 Å². The minimum Gasteiger partial charge on any atom is -0.462 e. The van der Waals surface area contributed by atoms with E-state index in [1.165, 1.54) is 0 Å². The van der Waals surface area contributed by atoms with Crippen LogP contribution < -0.4 is 0 Å². The third-order valence-corrected chi connectivity index (χ3v) is 4.15. The predicted molar refractivity (Wildman–Crippen MR) is 68.1 cm³/mol. The molecule has 1 aliphatic rings. The van der Waals surface area contributed by atoms with Crippen LogP contribution >= 0.6 is 0 Å². The van der Waals surface area contributed by atoms with Gasteiger partial charge in [0.2, 0.25) is 5.25 Å². The molecular weight excluding hydrogens is 272 g/mol. The van der Waals surface area contributed by atoms with E-state index in [1.807, 2.05) is 0 Å². The van der Waals surface area contributed by atoms with Gasteiger partial charge in [-0.2, -0.15) is 8.42 Å². The molecule has 0 saturated heterocycles. The van der Waals surface area contributed by atoms with Gasteiger partial charge < -0.3 is 4.74 Å². The van der Waals surface area contributed by atoms with Gasteiger partial charge in [0, 0.05) is 5.92 Å². The summed E-state index contributed by atoms with van der Waals surface area (Å²) in [5, 5.41) is -2.10. The first kappa shape index (κ1) is 16.1. The van der Waals surface area contributed by atoms with Gasteiger partial charge in [0.1, 0.15) is 0 Å². The molecular formula is C12H20O6S. The summed E-state index contributed by atoms with van der Waals surface area (Å²) < 4.78 is 36.4. The van der Waals surface area contributed by atoms with Crippen LogP contribution in [-0.2, 0) is 24.4 Å². The fraction of sp³-hybridized carbons (Fsp3) is 0.833. The number of Topliss-reactive ketones (excluding diaryl/α,β-unsaturated/α-hetero) is 1. The highest BCUT2D eigenvalue weighted by Gasteiger charge is 2.43. The second-order valence-electron chi connectivity index (χ2n) is 5.12. The number of hydrogen-bond acceptors (Lipinski definition) is 5. The van der Waals surface area contributed by atoms with Gasteiger partial charge in [-0.3, -0.25) is 14.1 Å². The van der Waals surface area contributed by atoms with E-state index in [2.05, 4.69) is 0 Å². The summed E-state index contributed by atoms with van der Waals surface area (Å²) in [5.41, 5.74) is 0. The zero-order valence-electron chi connectivity index (χ0n) is 11.2. The lowest BCUT2D eigenvalue weighted by Gasteiger charge is -2.23. The van der Waals surface area contributed by atoms with Gasteiger partial charge in [-0.25, -0.2) is 0 Å². The lowest BCUT2D eigenvalue weighted by atomic mass is 9.85. The summed E-state index contributed by atoms with van der Waals surface area (Å²) in [4.78, 5) is 23.8. The molecule has 1 saturated carbocycles. The second-order valence-corrected chi connectivity index (χ2v) is 6.62. The average Bonchev–Trinajstić information content (AvgIpc) is 2.27. The molecule has 7 heteroatoms. The van der Waals surface area contributed by atoms with E-state index in [9.17, 15) is 18.0 Å². The fourth-order valence-corrected chi connectivity index (χ4v) is 3.06. The summed E-state index contributed by atoms with van der Waals surface area (Å²) in [7, 11) is -4.78. The minimum atomic E-state index is -4.78. The monoisotopic (exact) mass is 292 g/mol. The van der Waals surface area contributed by atoms with E-state index in [1.54, 1.807) is 13.8 Å². The van der Waals surface area contributed by atoms with Gasteiger partial charge in [-0.1, -0.05) is 19.3 Å². The number of rotatable bonds is 5. The van der Waals surface area contributed by atoms with Crippen LogP contribution in [-0.4, -0.2) is 36.1 Å². The first-order valence-corrected chi connectivity index (χ1v) is 7.94. The third kappa shape index (κ3) is 4.58.